The molecule has 0 aromatic heterocycles. The van der Waals surface area contributed by atoms with E-state index in [0.29, 0.717) is 0 Å². The van der Waals surface area contributed by atoms with Gasteiger partial charge < -0.3 is 15.4 Å². The van der Waals surface area contributed by atoms with Crippen LogP contribution in [0.25, 0.3) is 0 Å². The molecule has 17 heavy (non-hydrogen) atoms. The van der Waals surface area contributed by atoms with E-state index in [1.807, 2.05) is 0 Å². The molecule has 1 aliphatic rings. The summed E-state index contributed by atoms with van der Waals surface area (Å²) in [5.41, 5.74) is 8.63. The lowest BCUT2D eigenvalue weighted by Gasteiger charge is -2.31. The van der Waals surface area contributed by atoms with Crippen LogP contribution in [0.5, 0.6) is 5.75 Å². The maximum absolute atomic E-state index is 6.27. The zero-order chi connectivity index (χ0) is 12.6. The Balaban J connectivity index is 2.34. The van der Waals surface area contributed by atoms with Crippen LogP contribution in [0.15, 0.2) is 18.2 Å². The number of rotatable bonds is 1. The Morgan fingerprint density at radius 3 is 2.71 bits per heavy atom. The van der Waals surface area contributed by atoms with Crippen LogP contribution in [0.3, 0.4) is 0 Å². The number of benzene rings is 1. The summed E-state index contributed by atoms with van der Waals surface area (Å²) in [4.78, 5) is 2.21. The van der Waals surface area contributed by atoms with Crippen molar-refractivity contribution in [2.24, 2.45) is 11.1 Å². The van der Waals surface area contributed by atoms with Gasteiger partial charge in [-0.2, -0.15) is 0 Å². The lowest BCUT2D eigenvalue weighted by atomic mass is 9.83. The Morgan fingerprint density at radius 2 is 2.06 bits per heavy atom. The second-order valence-corrected chi connectivity index (χ2v) is 5.84. The summed E-state index contributed by atoms with van der Waals surface area (Å²) in [6.07, 6.45) is 0. The van der Waals surface area contributed by atoms with E-state index in [1.165, 1.54) is 0 Å². The average molecular weight is 234 g/mol. The van der Waals surface area contributed by atoms with Crippen LogP contribution >= 0.6 is 0 Å². The SMILES string of the molecule is CN1CCOc2cc([C@H](N)C(C)(C)C)ccc21. The van der Waals surface area contributed by atoms with Crippen LogP contribution in [0.2, 0.25) is 0 Å². The van der Waals surface area contributed by atoms with Crippen molar-refractivity contribution in [1.29, 1.82) is 0 Å². The molecule has 2 N–H and O–H groups in total. The standard InChI is InChI=1S/C14H22N2O/c1-14(2,3)13(15)10-5-6-11-12(9-10)17-8-7-16(11)4/h5-6,9,13H,7-8,15H2,1-4H3/t13-/m0/s1. The number of nitrogens with zero attached hydrogens (tertiary/aromatic N) is 1. The Labute approximate surface area is 104 Å². The molecule has 0 saturated carbocycles. The summed E-state index contributed by atoms with van der Waals surface area (Å²) in [7, 11) is 2.09. The normalized spacial score (nSPS) is 17.4. The number of hydrogen-bond acceptors (Lipinski definition) is 3. The maximum Gasteiger partial charge on any atom is 0.143 e. The first-order valence-electron chi connectivity index (χ1n) is 6.13. The van der Waals surface area contributed by atoms with Crippen molar-refractivity contribution < 1.29 is 4.74 Å². The molecule has 0 bridgehead atoms. The lowest BCUT2D eigenvalue weighted by Crippen LogP contribution is -2.30. The second-order valence-electron chi connectivity index (χ2n) is 5.84. The predicted octanol–water partition coefficient (Wildman–Crippen LogP) is 2.56. The smallest absolute Gasteiger partial charge is 0.143 e. The van der Waals surface area contributed by atoms with E-state index in [1.54, 1.807) is 0 Å². The van der Waals surface area contributed by atoms with Gasteiger partial charge in [0.05, 0.1) is 12.2 Å². The van der Waals surface area contributed by atoms with Crippen molar-refractivity contribution in [3.8, 4) is 5.75 Å². The third kappa shape index (κ3) is 2.39. The maximum atomic E-state index is 6.27. The molecule has 0 spiro atoms. The molecule has 0 fully saturated rings. The molecule has 1 aromatic rings. The summed E-state index contributed by atoms with van der Waals surface area (Å²) < 4.78 is 5.70. The quantitative estimate of drug-likeness (QED) is 0.811. The Morgan fingerprint density at radius 1 is 1.35 bits per heavy atom. The van der Waals surface area contributed by atoms with Gasteiger partial charge >= 0.3 is 0 Å². The van der Waals surface area contributed by atoms with E-state index >= 15 is 0 Å². The fraction of sp³-hybridized carbons (Fsp3) is 0.571. The average Bonchev–Trinajstić information content (AvgIpc) is 2.26. The van der Waals surface area contributed by atoms with Gasteiger partial charge in [-0.15, -0.1) is 0 Å². The fourth-order valence-corrected chi connectivity index (χ4v) is 2.07. The summed E-state index contributed by atoms with van der Waals surface area (Å²) in [5, 5.41) is 0. The van der Waals surface area contributed by atoms with Crippen molar-refractivity contribution in [2.45, 2.75) is 26.8 Å². The molecule has 0 amide bonds. The first-order valence-corrected chi connectivity index (χ1v) is 6.13. The number of ether oxygens (including phenoxy) is 1. The minimum absolute atomic E-state index is 0.0311. The van der Waals surface area contributed by atoms with Gasteiger partial charge in [0.15, 0.2) is 0 Å². The van der Waals surface area contributed by atoms with E-state index in [9.17, 15) is 0 Å². The van der Waals surface area contributed by atoms with Gasteiger partial charge in [-0.3, -0.25) is 0 Å². The van der Waals surface area contributed by atoms with Crippen LogP contribution < -0.4 is 15.4 Å². The van der Waals surface area contributed by atoms with Crippen LogP contribution in [-0.2, 0) is 0 Å². The summed E-state index contributed by atoms with van der Waals surface area (Å²) in [5.74, 6) is 0.955. The molecule has 1 atom stereocenters. The highest BCUT2D eigenvalue weighted by Gasteiger charge is 2.24. The Hall–Kier alpha value is -1.22. The van der Waals surface area contributed by atoms with Crippen molar-refractivity contribution in [1.82, 2.24) is 0 Å². The first-order chi connectivity index (χ1) is 7.89. The van der Waals surface area contributed by atoms with Crippen LogP contribution in [0.4, 0.5) is 5.69 Å². The third-order valence-corrected chi connectivity index (χ3v) is 3.37. The molecule has 3 heteroatoms. The number of fused-ring (bicyclic) bond motifs is 1. The van der Waals surface area contributed by atoms with Crippen molar-refractivity contribution >= 4 is 5.69 Å². The number of anilines is 1. The Kier molecular flexibility index (Phi) is 3.04. The minimum atomic E-state index is 0.0311. The van der Waals surface area contributed by atoms with Crippen molar-refractivity contribution in [3.05, 3.63) is 23.8 Å². The summed E-state index contributed by atoms with van der Waals surface area (Å²) in [6.45, 7) is 8.16. The van der Waals surface area contributed by atoms with Gasteiger partial charge in [0.2, 0.25) is 0 Å². The Bertz CT molecular complexity index is 409. The highest BCUT2D eigenvalue weighted by atomic mass is 16.5. The molecule has 3 nitrogen and oxygen atoms in total. The topological polar surface area (TPSA) is 38.5 Å². The highest BCUT2D eigenvalue weighted by molar-refractivity contribution is 5.60. The van der Waals surface area contributed by atoms with Gasteiger partial charge in [-0.1, -0.05) is 26.8 Å². The van der Waals surface area contributed by atoms with Crippen molar-refractivity contribution in [2.75, 3.05) is 25.1 Å². The molecule has 0 unspecified atom stereocenters. The fourth-order valence-electron chi connectivity index (χ4n) is 2.07. The summed E-state index contributed by atoms with van der Waals surface area (Å²) in [6, 6.07) is 6.33. The molecule has 2 rings (SSSR count). The predicted molar refractivity (Wildman–Crippen MR) is 71.6 cm³/mol. The monoisotopic (exact) mass is 234 g/mol. The van der Waals surface area contributed by atoms with E-state index < -0.39 is 0 Å². The molecular formula is C14H22N2O. The largest absolute Gasteiger partial charge is 0.490 e. The number of nitrogens with two attached hydrogens (primary N) is 1. The van der Waals surface area contributed by atoms with Gasteiger partial charge in [-0.05, 0) is 23.1 Å². The van der Waals surface area contributed by atoms with Gasteiger partial charge in [0.1, 0.15) is 12.4 Å². The van der Waals surface area contributed by atoms with Crippen LogP contribution in [0.1, 0.15) is 32.4 Å². The van der Waals surface area contributed by atoms with Crippen molar-refractivity contribution in [3.63, 3.8) is 0 Å². The summed E-state index contributed by atoms with van der Waals surface area (Å²) >= 11 is 0. The van der Waals surface area contributed by atoms with E-state index in [-0.39, 0.29) is 11.5 Å². The zero-order valence-electron chi connectivity index (χ0n) is 11.2. The molecule has 94 valence electrons. The number of hydrogen-bond donors (Lipinski definition) is 1. The molecule has 1 aromatic carbocycles. The molecular weight excluding hydrogens is 212 g/mol. The highest BCUT2D eigenvalue weighted by Crippen LogP contribution is 2.37. The van der Waals surface area contributed by atoms with Crippen LogP contribution in [0, 0.1) is 5.41 Å². The second kappa shape index (κ2) is 4.22. The minimum Gasteiger partial charge on any atom is -0.490 e. The molecule has 0 saturated heterocycles. The van der Waals surface area contributed by atoms with E-state index in [0.717, 1.165) is 30.2 Å². The molecule has 1 heterocycles. The lowest BCUT2D eigenvalue weighted by molar-refractivity contribution is 0.305. The molecule has 1 aliphatic heterocycles. The zero-order valence-corrected chi connectivity index (χ0v) is 11.2. The third-order valence-electron chi connectivity index (χ3n) is 3.37. The first kappa shape index (κ1) is 12.2. The molecule has 0 radical (unpaired) electrons. The van der Waals surface area contributed by atoms with Crippen LogP contribution in [-0.4, -0.2) is 20.2 Å². The van der Waals surface area contributed by atoms with E-state index in [4.69, 9.17) is 10.5 Å². The number of likely N-dealkylation sites (N-methyl/N-ethyl adjacent to an activating group) is 1. The van der Waals surface area contributed by atoms with Gasteiger partial charge in [0.25, 0.3) is 0 Å². The van der Waals surface area contributed by atoms with Gasteiger partial charge in [0, 0.05) is 13.1 Å². The van der Waals surface area contributed by atoms with E-state index in [2.05, 4.69) is 50.9 Å². The molecule has 0 aliphatic carbocycles. The van der Waals surface area contributed by atoms with Gasteiger partial charge in [-0.25, -0.2) is 0 Å².